The molecule has 2 fully saturated rings. The number of carbonyl (C=O) groups is 2. The van der Waals surface area contributed by atoms with E-state index in [1.165, 1.54) is 17.3 Å². The molecule has 1 aliphatic heterocycles. The topological polar surface area (TPSA) is 83.4 Å². The number of rotatable bonds is 2. The highest BCUT2D eigenvalue weighted by Crippen LogP contribution is 2.42. The highest BCUT2D eigenvalue weighted by atomic mass is 16.4. The number of amides is 1. The Bertz CT molecular complexity index is 543. The quantitative estimate of drug-likeness (QED) is 0.874. The lowest BCUT2D eigenvalue weighted by atomic mass is 9.94. The zero-order valence-electron chi connectivity index (χ0n) is 11.3. The van der Waals surface area contributed by atoms with Crippen LogP contribution in [0, 0.1) is 18.8 Å². The second-order valence-corrected chi connectivity index (χ2v) is 5.64. The largest absolute Gasteiger partial charge is 0.480 e. The van der Waals surface area contributed by atoms with E-state index in [1.807, 2.05) is 0 Å². The van der Waals surface area contributed by atoms with Gasteiger partial charge >= 0.3 is 5.97 Å². The van der Waals surface area contributed by atoms with Crippen LogP contribution in [0.3, 0.4) is 0 Å². The summed E-state index contributed by atoms with van der Waals surface area (Å²) >= 11 is 0. The number of hydrogen-bond acceptors (Lipinski definition) is 4. The van der Waals surface area contributed by atoms with Crippen LogP contribution in [0.5, 0.6) is 0 Å². The number of nitrogens with zero attached hydrogens (tertiary/aromatic N) is 3. The van der Waals surface area contributed by atoms with Gasteiger partial charge in [-0.25, -0.2) is 9.78 Å². The fourth-order valence-corrected chi connectivity index (χ4v) is 3.48. The van der Waals surface area contributed by atoms with Crippen molar-refractivity contribution in [2.45, 2.75) is 32.2 Å². The number of aryl methyl sites for hydroxylation is 1. The van der Waals surface area contributed by atoms with Crippen molar-refractivity contribution in [3.8, 4) is 0 Å². The fourth-order valence-electron chi connectivity index (χ4n) is 3.48. The Morgan fingerprint density at radius 3 is 2.75 bits per heavy atom. The smallest absolute Gasteiger partial charge is 0.326 e. The minimum Gasteiger partial charge on any atom is -0.480 e. The normalized spacial score (nSPS) is 28.4. The number of likely N-dealkylation sites (tertiary alicyclic amines) is 1. The van der Waals surface area contributed by atoms with Crippen LogP contribution in [0.15, 0.2) is 12.4 Å². The summed E-state index contributed by atoms with van der Waals surface area (Å²) in [5.74, 6) is -0.819. The zero-order valence-corrected chi connectivity index (χ0v) is 11.3. The van der Waals surface area contributed by atoms with E-state index in [1.54, 1.807) is 6.92 Å². The van der Waals surface area contributed by atoms with Crippen molar-refractivity contribution in [1.82, 2.24) is 14.9 Å². The predicted molar refractivity (Wildman–Crippen MR) is 70.1 cm³/mol. The van der Waals surface area contributed by atoms with Gasteiger partial charge in [0, 0.05) is 12.7 Å². The van der Waals surface area contributed by atoms with E-state index in [9.17, 15) is 14.7 Å². The Balaban J connectivity index is 1.87. The molecular weight excluding hydrogens is 258 g/mol. The van der Waals surface area contributed by atoms with Crippen molar-refractivity contribution in [3.63, 3.8) is 0 Å². The van der Waals surface area contributed by atoms with E-state index in [0.717, 1.165) is 25.0 Å². The van der Waals surface area contributed by atoms with Crippen molar-refractivity contribution in [3.05, 3.63) is 23.8 Å². The average Bonchev–Trinajstić information content (AvgIpc) is 2.97. The lowest BCUT2D eigenvalue weighted by molar-refractivity contribution is -0.142. The number of carboxylic acids is 1. The molecule has 0 bridgehead atoms. The summed E-state index contributed by atoms with van der Waals surface area (Å²) in [4.78, 5) is 33.6. The molecule has 106 valence electrons. The van der Waals surface area contributed by atoms with Crippen LogP contribution in [0.4, 0.5) is 0 Å². The molecule has 1 aromatic heterocycles. The third-order valence-corrected chi connectivity index (χ3v) is 4.40. The van der Waals surface area contributed by atoms with E-state index in [2.05, 4.69) is 9.97 Å². The molecule has 1 saturated carbocycles. The highest BCUT2D eigenvalue weighted by Gasteiger charge is 2.49. The van der Waals surface area contributed by atoms with Gasteiger partial charge in [0.05, 0.1) is 11.9 Å². The summed E-state index contributed by atoms with van der Waals surface area (Å²) in [7, 11) is 0. The zero-order chi connectivity index (χ0) is 14.3. The van der Waals surface area contributed by atoms with Crippen LogP contribution in [-0.2, 0) is 4.79 Å². The van der Waals surface area contributed by atoms with Crippen LogP contribution in [0.25, 0.3) is 0 Å². The Morgan fingerprint density at radius 1 is 1.30 bits per heavy atom. The average molecular weight is 275 g/mol. The van der Waals surface area contributed by atoms with Crippen molar-refractivity contribution >= 4 is 11.9 Å². The van der Waals surface area contributed by atoms with Crippen molar-refractivity contribution in [2.75, 3.05) is 6.54 Å². The third-order valence-electron chi connectivity index (χ3n) is 4.40. The number of fused-ring (bicyclic) bond motifs is 1. The summed E-state index contributed by atoms with van der Waals surface area (Å²) in [6.45, 7) is 2.32. The second-order valence-electron chi connectivity index (χ2n) is 5.64. The van der Waals surface area contributed by atoms with Gasteiger partial charge in [-0.15, -0.1) is 0 Å². The summed E-state index contributed by atoms with van der Waals surface area (Å²) in [5, 5.41) is 9.44. The van der Waals surface area contributed by atoms with Gasteiger partial charge in [0.1, 0.15) is 11.7 Å². The van der Waals surface area contributed by atoms with E-state index in [-0.39, 0.29) is 17.5 Å². The molecule has 1 N–H and O–H groups in total. The van der Waals surface area contributed by atoms with Gasteiger partial charge in [0.2, 0.25) is 0 Å². The maximum Gasteiger partial charge on any atom is 0.326 e. The molecule has 1 aromatic rings. The Hall–Kier alpha value is -1.98. The molecule has 3 unspecified atom stereocenters. The molecule has 3 rings (SSSR count). The van der Waals surface area contributed by atoms with Crippen molar-refractivity contribution in [1.29, 1.82) is 0 Å². The lowest BCUT2D eigenvalue weighted by Crippen LogP contribution is -2.43. The number of carboxylic acid groups (broad SMARTS) is 1. The first-order valence-electron chi connectivity index (χ1n) is 6.90. The van der Waals surface area contributed by atoms with Crippen LogP contribution < -0.4 is 0 Å². The summed E-state index contributed by atoms with van der Waals surface area (Å²) < 4.78 is 0. The Kier molecular flexibility index (Phi) is 3.16. The highest BCUT2D eigenvalue weighted by molar-refractivity contribution is 5.95. The van der Waals surface area contributed by atoms with Gasteiger partial charge < -0.3 is 10.0 Å². The van der Waals surface area contributed by atoms with Gasteiger partial charge in [-0.1, -0.05) is 6.42 Å². The molecule has 20 heavy (non-hydrogen) atoms. The molecule has 2 heterocycles. The Labute approximate surface area is 116 Å². The molecule has 0 aromatic carbocycles. The molecular formula is C14H17N3O3. The molecule has 1 amide bonds. The Morgan fingerprint density at radius 2 is 2.10 bits per heavy atom. The number of carbonyl (C=O) groups excluding carboxylic acids is 1. The predicted octanol–water partition coefficient (Wildman–Crippen LogP) is 1.11. The number of aliphatic carboxylic acids is 1. The van der Waals surface area contributed by atoms with Crippen LogP contribution >= 0.6 is 0 Å². The van der Waals surface area contributed by atoms with Gasteiger partial charge in [-0.3, -0.25) is 9.78 Å². The maximum atomic E-state index is 12.5. The van der Waals surface area contributed by atoms with Gasteiger partial charge in [0.15, 0.2) is 0 Å². The SMILES string of the molecule is Cc1cnc(C(=O)N2CC3CCCC3C2C(=O)O)cn1. The maximum absolute atomic E-state index is 12.5. The molecule has 0 radical (unpaired) electrons. The third kappa shape index (κ3) is 2.05. The first-order chi connectivity index (χ1) is 9.58. The summed E-state index contributed by atoms with van der Waals surface area (Å²) in [6.07, 6.45) is 5.92. The number of aromatic nitrogens is 2. The minimum absolute atomic E-state index is 0.0925. The second kappa shape index (κ2) is 4.85. The summed E-state index contributed by atoms with van der Waals surface area (Å²) in [6, 6.07) is -0.710. The van der Waals surface area contributed by atoms with Crippen LogP contribution in [0.2, 0.25) is 0 Å². The molecule has 1 aliphatic carbocycles. The lowest BCUT2D eigenvalue weighted by Gasteiger charge is -2.23. The molecule has 1 saturated heterocycles. The monoisotopic (exact) mass is 275 g/mol. The van der Waals surface area contributed by atoms with Gasteiger partial charge in [-0.05, 0) is 31.6 Å². The van der Waals surface area contributed by atoms with Gasteiger partial charge in [0.25, 0.3) is 5.91 Å². The van der Waals surface area contributed by atoms with E-state index < -0.39 is 12.0 Å². The molecule has 3 atom stereocenters. The van der Waals surface area contributed by atoms with E-state index in [4.69, 9.17) is 0 Å². The van der Waals surface area contributed by atoms with Gasteiger partial charge in [-0.2, -0.15) is 0 Å². The molecule has 6 heteroatoms. The van der Waals surface area contributed by atoms with E-state index >= 15 is 0 Å². The van der Waals surface area contributed by atoms with E-state index in [0.29, 0.717) is 12.5 Å². The number of hydrogen-bond donors (Lipinski definition) is 1. The molecule has 2 aliphatic rings. The molecule has 0 spiro atoms. The minimum atomic E-state index is -0.909. The first kappa shape index (κ1) is 13.0. The van der Waals surface area contributed by atoms with Crippen molar-refractivity contribution in [2.24, 2.45) is 11.8 Å². The van der Waals surface area contributed by atoms with Crippen LogP contribution in [-0.4, -0.2) is 44.4 Å². The molecule has 6 nitrogen and oxygen atoms in total. The first-order valence-corrected chi connectivity index (χ1v) is 6.90. The van der Waals surface area contributed by atoms with Crippen molar-refractivity contribution < 1.29 is 14.7 Å². The fraction of sp³-hybridized carbons (Fsp3) is 0.571. The van der Waals surface area contributed by atoms with Crippen LogP contribution in [0.1, 0.15) is 35.4 Å². The standard InChI is InChI=1S/C14H17N3O3/c1-8-5-16-11(6-15-8)13(18)17-7-9-3-2-4-10(9)12(17)14(19)20/h5-6,9-10,12H,2-4,7H2,1H3,(H,19,20). The summed E-state index contributed by atoms with van der Waals surface area (Å²) in [5.41, 5.74) is 0.955.